The van der Waals surface area contributed by atoms with Gasteiger partial charge in [-0.05, 0) is 18.2 Å². The van der Waals surface area contributed by atoms with Crippen LogP contribution in [0.1, 0.15) is 0 Å². The second-order valence-corrected chi connectivity index (χ2v) is 4.19. The molecule has 2 heterocycles. The molecule has 18 heavy (non-hydrogen) atoms. The van der Waals surface area contributed by atoms with Gasteiger partial charge in [0.25, 0.3) is 0 Å². The summed E-state index contributed by atoms with van der Waals surface area (Å²) in [5.41, 5.74) is 8.89. The van der Waals surface area contributed by atoms with Crippen molar-refractivity contribution in [2.75, 3.05) is 12.1 Å². The Morgan fingerprint density at radius 1 is 1.06 bits per heavy atom. The molecule has 0 aliphatic rings. The summed E-state index contributed by atoms with van der Waals surface area (Å²) in [5.74, 6) is 0. The number of aromatic nitrogens is 1. The molecule has 3 aromatic rings. The smallest absolute Gasteiger partial charge is 0.221 e. The van der Waals surface area contributed by atoms with Crippen LogP contribution in [0.25, 0.3) is 16.4 Å². The Kier molecular flexibility index (Phi) is 3.90. The first-order valence-electron chi connectivity index (χ1n) is 5.42. The number of anilines is 1. The van der Waals surface area contributed by atoms with Gasteiger partial charge in [-0.2, -0.15) is 4.40 Å². The van der Waals surface area contributed by atoms with Crippen LogP contribution in [0.15, 0.2) is 48.7 Å². The Balaban J connectivity index is 0.000000574. The topological polar surface area (TPSA) is 30.1 Å². The molecule has 0 radical (unpaired) electrons. The van der Waals surface area contributed by atoms with Gasteiger partial charge in [0.05, 0.1) is 11.1 Å². The van der Waals surface area contributed by atoms with E-state index in [1.54, 1.807) is 0 Å². The highest BCUT2D eigenvalue weighted by molar-refractivity contribution is 6.31. The molecular formula is C14H13Cl2N2+. The first-order chi connectivity index (χ1) is 8.75. The van der Waals surface area contributed by atoms with Gasteiger partial charge in [-0.3, -0.25) is 0 Å². The molecule has 2 N–H and O–H groups in total. The Labute approximate surface area is 116 Å². The average Bonchev–Trinajstić information content (AvgIpc) is 2.41. The van der Waals surface area contributed by atoms with E-state index in [9.17, 15) is 0 Å². The van der Waals surface area contributed by atoms with Crippen LogP contribution < -0.4 is 10.1 Å². The number of alkyl halides is 1. The highest BCUT2D eigenvalue weighted by Gasteiger charge is 2.11. The molecule has 0 aliphatic carbocycles. The number of pyridine rings is 2. The molecule has 3 rings (SSSR count). The van der Waals surface area contributed by atoms with Crippen LogP contribution in [0.4, 0.5) is 5.69 Å². The molecule has 2 nitrogen and oxygen atoms in total. The summed E-state index contributed by atoms with van der Waals surface area (Å²) in [6.45, 7) is 0. The van der Waals surface area contributed by atoms with E-state index < -0.39 is 0 Å². The molecule has 92 valence electrons. The molecule has 0 unspecified atom stereocenters. The van der Waals surface area contributed by atoms with E-state index in [-0.39, 0.29) is 0 Å². The summed E-state index contributed by atoms with van der Waals surface area (Å²) >= 11 is 10.7. The zero-order chi connectivity index (χ0) is 13.1. The summed E-state index contributed by atoms with van der Waals surface area (Å²) in [6, 6.07) is 13.7. The van der Waals surface area contributed by atoms with Gasteiger partial charge in [-0.25, -0.2) is 0 Å². The van der Waals surface area contributed by atoms with Crippen LogP contribution >= 0.6 is 23.2 Å². The van der Waals surface area contributed by atoms with Crippen molar-refractivity contribution in [2.45, 2.75) is 0 Å². The van der Waals surface area contributed by atoms with Crippen molar-refractivity contribution in [3.8, 4) is 0 Å². The van der Waals surface area contributed by atoms with Crippen molar-refractivity contribution in [1.82, 2.24) is 0 Å². The molecule has 0 saturated carbocycles. The molecule has 4 heteroatoms. The lowest BCUT2D eigenvalue weighted by Crippen LogP contribution is -2.22. The van der Waals surface area contributed by atoms with Crippen LogP contribution in [0, 0.1) is 0 Å². The van der Waals surface area contributed by atoms with Gasteiger partial charge < -0.3 is 5.73 Å². The highest BCUT2D eigenvalue weighted by atomic mass is 35.5. The quantitative estimate of drug-likeness (QED) is 0.380. The minimum absolute atomic E-state index is 0.718. The van der Waals surface area contributed by atoms with E-state index in [0.29, 0.717) is 0 Å². The zero-order valence-electron chi connectivity index (χ0n) is 9.90. The fraction of sp³-hybridized carbons (Fsp3) is 0.0714. The van der Waals surface area contributed by atoms with E-state index in [1.165, 1.54) is 6.38 Å². The number of halogens is 2. The summed E-state index contributed by atoms with van der Waals surface area (Å²) in [5, 5.41) is 1.74. The van der Waals surface area contributed by atoms with Crippen molar-refractivity contribution in [1.29, 1.82) is 0 Å². The molecule has 1 aromatic carbocycles. The van der Waals surface area contributed by atoms with Gasteiger partial charge in [0, 0.05) is 35.7 Å². The SMILES string of the molecule is CCl.Nc1cc2cccc[n+]2c2cc(Cl)ccc12. The van der Waals surface area contributed by atoms with Crippen LogP contribution in [0.2, 0.25) is 5.02 Å². The lowest BCUT2D eigenvalue weighted by Gasteiger charge is -2.01. The average molecular weight is 280 g/mol. The zero-order valence-corrected chi connectivity index (χ0v) is 11.4. The predicted molar refractivity (Wildman–Crippen MR) is 78.3 cm³/mol. The number of hydrogen-bond donors (Lipinski definition) is 1. The number of nitrogens with two attached hydrogens (primary N) is 1. The molecule has 0 saturated heterocycles. The second kappa shape index (κ2) is 5.42. The van der Waals surface area contributed by atoms with Gasteiger partial charge >= 0.3 is 0 Å². The highest BCUT2D eigenvalue weighted by Crippen LogP contribution is 2.22. The van der Waals surface area contributed by atoms with E-state index in [4.69, 9.17) is 17.3 Å². The van der Waals surface area contributed by atoms with Gasteiger partial charge in [0.2, 0.25) is 11.0 Å². The molecule has 0 spiro atoms. The molecule has 2 aromatic heterocycles. The minimum atomic E-state index is 0.718. The molecule has 0 fully saturated rings. The standard InChI is InChI=1S/C13H9ClN2.CH3Cl/c14-9-4-5-11-12(15)8-10-3-1-2-6-16(10)13(11)7-9;1-2/h1-8,15H;1H3/p+1. The Morgan fingerprint density at radius 2 is 1.83 bits per heavy atom. The molecule has 0 atom stereocenters. The van der Waals surface area contributed by atoms with Gasteiger partial charge in [-0.1, -0.05) is 11.6 Å². The van der Waals surface area contributed by atoms with E-state index in [1.807, 2.05) is 48.7 Å². The first kappa shape index (κ1) is 12.9. The second-order valence-electron chi connectivity index (χ2n) is 3.76. The number of rotatable bonds is 0. The maximum Gasteiger partial charge on any atom is 0.221 e. The summed E-state index contributed by atoms with van der Waals surface area (Å²) in [6.07, 6.45) is 3.48. The van der Waals surface area contributed by atoms with E-state index >= 15 is 0 Å². The molecule has 0 aliphatic heterocycles. The third-order valence-electron chi connectivity index (χ3n) is 2.73. The number of nitrogens with zero attached hydrogens (tertiary/aromatic N) is 1. The lowest BCUT2D eigenvalue weighted by molar-refractivity contribution is -0.481. The Bertz CT molecular complexity index is 696. The van der Waals surface area contributed by atoms with Crippen molar-refractivity contribution < 1.29 is 4.40 Å². The van der Waals surface area contributed by atoms with Crippen molar-refractivity contribution >= 4 is 45.3 Å². The van der Waals surface area contributed by atoms with Crippen molar-refractivity contribution in [2.24, 2.45) is 0 Å². The van der Waals surface area contributed by atoms with Crippen LogP contribution in [0.3, 0.4) is 0 Å². The predicted octanol–water partition coefficient (Wildman–Crippen LogP) is 3.67. The van der Waals surface area contributed by atoms with Gasteiger partial charge in [-0.15, -0.1) is 11.6 Å². The van der Waals surface area contributed by atoms with E-state index in [0.717, 1.165) is 27.1 Å². The maximum atomic E-state index is 6.02. The normalized spacial score (nSPS) is 10.2. The fourth-order valence-electron chi connectivity index (χ4n) is 1.98. The first-order valence-corrected chi connectivity index (χ1v) is 6.55. The Morgan fingerprint density at radius 3 is 2.61 bits per heavy atom. The summed E-state index contributed by atoms with van der Waals surface area (Å²) in [7, 11) is 0. The van der Waals surface area contributed by atoms with Gasteiger partial charge in [0.15, 0.2) is 6.20 Å². The Hall–Kier alpha value is -1.51. The summed E-state index contributed by atoms with van der Waals surface area (Å²) in [4.78, 5) is 0. The van der Waals surface area contributed by atoms with Crippen LogP contribution in [-0.2, 0) is 0 Å². The third-order valence-corrected chi connectivity index (χ3v) is 2.96. The molecular weight excluding hydrogens is 267 g/mol. The van der Waals surface area contributed by atoms with E-state index in [2.05, 4.69) is 16.0 Å². The number of benzene rings is 1. The minimum Gasteiger partial charge on any atom is -0.398 e. The largest absolute Gasteiger partial charge is 0.398 e. The summed E-state index contributed by atoms with van der Waals surface area (Å²) < 4.78 is 2.08. The molecule has 0 amide bonds. The maximum absolute atomic E-state index is 6.02. The number of fused-ring (bicyclic) bond motifs is 3. The monoisotopic (exact) mass is 279 g/mol. The number of nitrogen functional groups attached to an aromatic ring is 1. The molecule has 0 bridgehead atoms. The van der Waals surface area contributed by atoms with Crippen molar-refractivity contribution in [3.63, 3.8) is 0 Å². The number of hydrogen-bond acceptors (Lipinski definition) is 1. The third kappa shape index (κ3) is 2.22. The van der Waals surface area contributed by atoms with Crippen LogP contribution in [-0.4, -0.2) is 6.38 Å². The van der Waals surface area contributed by atoms with Gasteiger partial charge in [0.1, 0.15) is 0 Å². The van der Waals surface area contributed by atoms with Crippen molar-refractivity contribution in [3.05, 3.63) is 53.7 Å². The lowest BCUT2D eigenvalue weighted by atomic mass is 10.1. The fourth-order valence-corrected chi connectivity index (χ4v) is 2.14. The van der Waals surface area contributed by atoms with Crippen LogP contribution in [0.5, 0.6) is 0 Å².